The molecule has 0 fully saturated rings. The van der Waals surface area contributed by atoms with Crippen LogP contribution in [0.5, 0.6) is 0 Å². The van der Waals surface area contributed by atoms with E-state index in [0.717, 1.165) is 5.56 Å². The van der Waals surface area contributed by atoms with Crippen molar-refractivity contribution in [3.8, 4) is 0 Å². The van der Waals surface area contributed by atoms with Gasteiger partial charge in [0.2, 0.25) is 0 Å². The minimum absolute atomic E-state index is 0.0459. The minimum Gasteiger partial charge on any atom is -0.396 e. The van der Waals surface area contributed by atoms with E-state index in [0.29, 0.717) is 12.0 Å². The van der Waals surface area contributed by atoms with E-state index in [-0.39, 0.29) is 18.0 Å². The van der Waals surface area contributed by atoms with Gasteiger partial charge in [0.15, 0.2) is 0 Å². The Kier molecular flexibility index (Phi) is 4.02. The largest absolute Gasteiger partial charge is 0.396 e. The fourth-order valence-electron chi connectivity index (χ4n) is 1.38. The van der Waals surface area contributed by atoms with Crippen molar-refractivity contribution in [2.24, 2.45) is 0 Å². The summed E-state index contributed by atoms with van der Waals surface area (Å²) in [7, 11) is 0. The van der Waals surface area contributed by atoms with Crippen molar-refractivity contribution >= 4 is 17.5 Å². The molecule has 3 N–H and O–H groups in total. The van der Waals surface area contributed by atoms with Crippen LogP contribution >= 0.6 is 0 Å². The third-order valence-electron chi connectivity index (χ3n) is 2.12. The van der Waals surface area contributed by atoms with Crippen LogP contribution in [0.2, 0.25) is 0 Å². The second-order valence-corrected chi connectivity index (χ2v) is 3.46. The molecule has 1 rings (SSSR count). The number of anilines is 1. The van der Waals surface area contributed by atoms with E-state index in [9.17, 15) is 10.1 Å². The van der Waals surface area contributed by atoms with Gasteiger partial charge in [-0.15, -0.1) is 0 Å². The summed E-state index contributed by atoms with van der Waals surface area (Å²) in [5.74, 6) is 0. The molecule has 0 saturated heterocycles. The molecule has 0 aliphatic heterocycles. The van der Waals surface area contributed by atoms with Crippen LogP contribution in [0.4, 0.5) is 11.4 Å². The highest BCUT2D eigenvalue weighted by molar-refractivity contribution is 5.74. The summed E-state index contributed by atoms with van der Waals surface area (Å²) < 4.78 is 0. The Labute approximate surface area is 93.4 Å². The molecular weight excluding hydrogens is 208 g/mol. The number of rotatable bonds is 4. The molecule has 0 saturated carbocycles. The van der Waals surface area contributed by atoms with Crippen LogP contribution in [0.3, 0.4) is 0 Å². The quantitative estimate of drug-likeness (QED) is 0.462. The predicted octanol–water partition coefficient (Wildman–Crippen LogP) is 1.88. The van der Waals surface area contributed by atoms with Gasteiger partial charge in [0.1, 0.15) is 5.69 Å². The molecule has 0 aliphatic carbocycles. The molecule has 5 nitrogen and oxygen atoms in total. The van der Waals surface area contributed by atoms with Crippen molar-refractivity contribution in [3.05, 3.63) is 39.4 Å². The number of nitro groups is 1. The number of aliphatic hydroxyl groups is 1. The minimum atomic E-state index is -0.494. The van der Waals surface area contributed by atoms with Crippen LogP contribution in [0.1, 0.15) is 17.5 Å². The predicted molar refractivity (Wildman–Crippen MR) is 63.0 cm³/mol. The molecule has 86 valence electrons. The lowest BCUT2D eigenvalue weighted by atomic mass is 10.1. The third kappa shape index (κ3) is 2.80. The van der Waals surface area contributed by atoms with E-state index in [4.69, 9.17) is 10.8 Å². The van der Waals surface area contributed by atoms with Crippen molar-refractivity contribution in [3.63, 3.8) is 0 Å². The summed E-state index contributed by atoms with van der Waals surface area (Å²) in [5, 5.41) is 19.3. The number of hydrogen-bond donors (Lipinski definition) is 2. The SMILES string of the molecule is Cc1cc(C=CCCO)c(N)c([N+](=O)[O-])c1. The number of nitro benzene ring substituents is 1. The lowest BCUT2D eigenvalue weighted by Crippen LogP contribution is -1.98. The fourth-order valence-corrected chi connectivity index (χ4v) is 1.38. The zero-order chi connectivity index (χ0) is 12.1. The van der Waals surface area contributed by atoms with Gasteiger partial charge in [-0.1, -0.05) is 12.2 Å². The second kappa shape index (κ2) is 5.27. The normalized spacial score (nSPS) is 10.9. The first-order chi connectivity index (χ1) is 7.56. The number of benzene rings is 1. The lowest BCUT2D eigenvalue weighted by Gasteiger charge is -2.03. The average molecular weight is 222 g/mol. The van der Waals surface area contributed by atoms with Gasteiger partial charge in [-0.25, -0.2) is 0 Å². The van der Waals surface area contributed by atoms with Gasteiger partial charge in [-0.2, -0.15) is 0 Å². The zero-order valence-electron chi connectivity index (χ0n) is 9.01. The lowest BCUT2D eigenvalue weighted by molar-refractivity contribution is -0.383. The summed E-state index contributed by atoms with van der Waals surface area (Å²) in [6, 6.07) is 3.22. The molecule has 1 aromatic carbocycles. The smallest absolute Gasteiger partial charge is 0.292 e. The van der Waals surface area contributed by atoms with Gasteiger partial charge in [0, 0.05) is 18.2 Å². The first-order valence-electron chi connectivity index (χ1n) is 4.88. The maximum atomic E-state index is 10.7. The van der Waals surface area contributed by atoms with Crippen molar-refractivity contribution in [1.29, 1.82) is 0 Å². The molecule has 0 atom stereocenters. The number of nitrogens with zero attached hydrogens (tertiary/aromatic N) is 1. The highest BCUT2D eigenvalue weighted by Crippen LogP contribution is 2.27. The Morgan fingerprint density at radius 3 is 2.81 bits per heavy atom. The van der Waals surface area contributed by atoms with Crippen LogP contribution in [0.15, 0.2) is 18.2 Å². The van der Waals surface area contributed by atoms with Gasteiger partial charge in [0.25, 0.3) is 5.69 Å². The molecule has 0 spiro atoms. The molecule has 16 heavy (non-hydrogen) atoms. The summed E-state index contributed by atoms with van der Waals surface area (Å²) in [4.78, 5) is 10.2. The highest BCUT2D eigenvalue weighted by atomic mass is 16.6. The fraction of sp³-hybridized carbons (Fsp3) is 0.273. The van der Waals surface area contributed by atoms with E-state index in [1.54, 1.807) is 25.1 Å². The molecule has 0 unspecified atom stereocenters. The summed E-state index contributed by atoms with van der Waals surface area (Å²) in [5.41, 5.74) is 7.15. The molecule has 0 heterocycles. The molecule has 0 bridgehead atoms. The molecule has 0 radical (unpaired) electrons. The van der Waals surface area contributed by atoms with Crippen LogP contribution < -0.4 is 5.73 Å². The van der Waals surface area contributed by atoms with Gasteiger partial charge >= 0.3 is 0 Å². The average Bonchev–Trinajstić information content (AvgIpc) is 2.22. The first-order valence-corrected chi connectivity index (χ1v) is 4.88. The number of aryl methyl sites for hydroxylation is 1. The van der Waals surface area contributed by atoms with Crippen molar-refractivity contribution in [1.82, 2.24) is 0 Å². The molecule has 5 heteroatoms. The van der Waals surface area contributed by atoms with Gasteiger partial charge < -0.3 is 10.8 Å². The zero-order valence-corrected chi connectivity index (χ0v) is 9.01. The molecule has 0 aliphatic rings. The Bertz CT molecular complexity index is 427. The summed E-state index contributed by atoms with van der Waals surface area (Å²) in [6.07, 6.45) is 3.92. The molecule has 1 aromatic rings. The van der Waals surface area contributed by atoms with Gasteiger partial charge in [-0.05, 0) is 25.0 Å². The Morgan fingerprint density at radius 1 is 1.56 bits per heavy atom. The van der Waals surface area contributed by atoms with Crippen LogP contribution in [-0.2, 0) is 0 Å². The maximum Gasteiger partial charge on any atom is 0.292 e. The van der Waals surface area contributed by atoms with Crippen molar-refractivity contribution in [2.75, 3.05) is 12.3 Å². The number of hydrogen-bond acceptors (Lipinski definition) is 4. The number of nitrogen functional groups attached to an aromatic ring is 1. The van der Waals surface area contributed by atoms with E-state index >= 15 is 0 Å². The van der Waals surface area contributed by atoms with E-state index in [1.807, 2.05) is 0 Å². The molecule has 0 amide bonds. The van der Waals surface area contributed by atoms with Crippen LogP contribution in [-0.4, -0.2) is 16.6 Å². The topological polar surface area (TPSA) is 89.4 Å². The van der Waals surface area contributed by atoms with E-state index in [2.05, 4.69) is 0 Å². The third-order valence-corrected chi connectivity index (χ3v) is 2.12. The molecule has 0 aromatic heterocycles. The first kappa shape index (κ1) is 12.2. The summed E-state index contributed by atoms with van der Waals surface area (Å²) >= 11 is 0. The molecular formula is C11H14N2O3. The Morgan fingerprint density at radius 2 is 2.25 bits per heavy atom. The van der Waals surface area contributed by atoms with Crippen molar-refractivity contribution < 1.29 is 10.0 Å². The summed E-state index contributed by atoms with van der Waals surface area (Å²) in [6.45, 7) is 1.82. The van der Waals surface area contributed by atoms with E-state index < -0.39 is 4.92 Å². The van der Waals surface area contributed by atoms with E-state index in [1.165, 1.54) is 6.07 Å². The Balaban J connectivity index is 3.14. The Hall–Kier alpha value is -1.88. The van der Waals surface area contributed by atoms with Crippen LogP contribution in [0.25, 0.3) is 6.08 Å². The number of nitrogens with two attached hydrogens (primary N) is 1. The second-order valence-electron chi connectivity index (χ2n) is 3.46. The number of aliphatic hydroxyl groups excluding tert-OH is 1. The van der Waals surface area contributed by atoms with Crippen LogP contribution in [0, 0.1) is 17.0 Å². The van der Waals surface area contributed by atoms with Gasteiger partial charge in [-0.3, -0.25) is 10.1 Å². The van der Waals surface area contributed by atoms with Gasteiger partial charge in [0.05, 0.1) is 4.92 Å². The van der Waals surface area contributed by atoms with Crippen molar-refractivity contribution in [2.45, 2.75) is 13.3 Å². The monoisotopic (exact) mass is 222 g/mol. The highest BCUT2D eigenvalue weighted by Gasteiger charge is 2.14. The maximum absolute atomic E-state index is 10.7. The standard InChI is InChI=1S/C11H14N2O3/c1-8-6-9(4-2-3-5-14)11(12)10(7-8)13(15)16/h2,4,6-7,14H,3,5,12H2,1H3.